The maximum absolute atomic E-state index is 11.8. The molecular weight excluding hydrogens is 302 g/mol. The molecule has 0 bridgehead atoms. The molecule has 3 aromatic rings. The Morgan fingerprint density at radius 2 is 2.04 bits per heavy atom. The van der Waals surface area contributed by atoms with Crippen LogP contribution in [0.5, 0.6) is 0 Å². The van der Waals surface area contributed by atoms with Crippen LogP contribution in [0.15, 0.2) is 42.9 Å². The molecule has 4 rings (SSSR count). The summed E-state index contributed by atoms with van der Waals surface area (Å²) in [5.41, 5.74) is 2.08. The number of carbonyl (C=O) groups excluding carboxylic acids is 1. The summed E-state index contributed by atoms with van der Waals surface area (Å²) in [6.07, 6.45) is 3.24. The normalized spacial score (nSPS) is 16.2. The van der Waals surface area contributed by atoms with Crippen molar-refractivity contribution >= 4 is 16.7 Å². The molecule has 1 atom stereocenters. The lowest BCUT2D eigenvalue weighted by Gasteiger charge is -2.32. The molecule has 0 radical (unpaired) electrons. The number of nitrogens with one attached hydrogen (secondary N) is 2. The molecule has 5 nitrogen and oxygen atoms in total. The second-order valence-electron chi connectivity index (χ2n) is 6.64. The maximum atomic E-state index is 11.8. The minimum atomic E-state index is -1.14. The number of rotatable bonds is 3. The summed E-state index contributed by atoms with van der Waals surface area (Å²) in [6, 6.07) is 9.82. The highest BCUT2D eigenvalue weighted by atomic mass is 16.3. The van der Waals surface area contributed by atoms with Gasteiger partial charge in [-0.3, -0.25) is 4.79 Å². The van der Waals surface area contributed by atoms with Crippen LogP contribution in [0.3, 0.4) is 0 Å². The predicted octanol–water partition coefficient (Wildman–Crippen LogP) is 2.70. The van der Waals surface area contributed by atoms with Crippen molar-refractivity contribution < 1.29 is 9.90 Å². The van der Waals surface area contributed by atoms with Crippen molar-refractivity contribution in [2.75, 3.05) is 0 Å². The highest BCUT2D eigenvalue weighted by Crippen LogP contribution is 2.37. The highest BCUT2D eigenvalue weighted by molar-refractivity contribution is 6.02. The molecule has 1 aliphatic heterocycles. The number of aromatic nitrogens is 2. The second-order valence-corrected chi connectivity index (χ2v) is 6.64. The Labute approximate surface area is 139 Å². The Morgan fingerprint density at radius 3 is 2.75 bits per heavy atom. The van der Waals surface area contributed by atoms with E-state index < -0.39 is 5.60 Å². The molecule has 0 saturated carbocycles. The number of hydrogen-bond donors (Lipinski definition) is 3. The van der Waals surface area contributed by atoms with Crippen LogP contribution in [0.4, 0.5) is 0 Å². The van der Waals surface area contributed by atoms with E-state index in [4.69, 9.17) is 0 Å². The molecule has 0 unspecified atom stereocenters. The van der Waals surface area contributed by atoms with Crippen LogP contribution in [0.1, 0.15) is 41.0 Å². The van der Waals surface area contributed by atoms with Gasteiger partial charge in [-0.25, -0.2) is 4.98 Å². The van der Waals surface area contributed by atoms with Crippen molar-refractivity contribution in [2.45, 2.75) is 26.0 Å². The molecule has 1 aromatic heterocycles. The van der Waals surface area contributed by atoms with Gasteiger partial charge in [0.05, 0.1) is 18.2 Å². The highest BCUT2D eigenvalue weighted by Gasteiger charge is 2.36. The molecule has 0 fully saturated rings. The fourth-order valence-corrected chi connectivity index (χ4v) is 3.47. The summed E-state index contributed by atoms with van der Waals surface area (Å²) >= 11 is 0. The molecule has 5 heteroatoms. The monoisotopic (exact) mass is 321 g/mol. The van der Waals surface area contributed by atoms with Crippen LogP contribution in [0.25, 0.3) is 10.8 Å². The van der Waals surface area contributed by atoms with Gasteiger partial charge in [-0.1, -0.05) is 26.0 Å². The number of H-pyrrole nitrogens is 1. The summed E-state index contributed by atoms with van der Waals surface area (Å²) in [7, 11) is 0. The molecule has 122 valence electrons. The van der Waals surface area contributed by atoms with Gasteiger partial charge in [-0.05, 0) is 46.0 Å². The average molecular weight is 321 g/mol. The standard InChI is InChI=1S/C19H19N3O2/c1-11(2)19(24,17-9-20-10-22-17)15-4-3-12-7-16-14(5-13(12)6-15)8-21-18(16)23/h3-7,9-11,24H,8H2,1-2H3,(H,20,22)(H,21,23)/t19-/m1/s1. The first-order valence-corrected chi connectivity index (χ1v) is 8.06. The first kappa shape index (κ1) is 14.9. The number of benzene rings is 2. The topological polar surface area (TPSA) is 78.0 Å². The van der Waals surface area contributed by atoms with Gasteiger partial charge in [-0.15, -0.1) is 0 Å². The smallest absolute Gasteiger partial charge is 0.251 e. The summed E-state index contributed by atoms with van der Waals surface area (Å²) in [6.45, 7) is 4.52. The molecule has 2 heterocycles. The lowest BCUT2D eigenvalue weighted by atomic mass is 9.80. The van der Waals surface area contributed by atoms with Crippen LogP contribution >= 0.6 is 0 Å². The summed E-state index contributed by atoms with van der Waals surface area (Å²) < 4.78 is 0. The summed E-state index contributed by atoms with van der Waals surface area (Å²) in [4.78, 5) is 18.9. The van der Waals surface area contributed by atoms with Crippen LogP contribution in [0.2, 0.25) is 0 Å². The molecule has 24 heavy (non-hydrogen) atoms. The zero-order valence-electron chi connectivity index (χ0n) is 13.6. The van der Waals surface area contributed by atoms with Gasteiger partial charge in [0.2, 0.25) is 0 Å². The third-order valence-electron chi connectivity index (χ3n) is 4.93. The zero-order chi connectivity index (χ0) is 16.9. The minimum Gasteiger partial charge on any atom is -0.379 e. The molecule has 3 N–H and O–H groups in total. The Bertz CT molecular complexity index is 931. The van der Waals surface area contributed by atoms with Gasteiger partial charge in [0, 0.05) is 12.1 Å². The minimum absolute atomic E-state index is 0.0212. The van der Waals surface area contributed by atoms with E-state index in [9.17, 15) is 9.90 Å². The van der Waals surface area contributed by atoms with E-state index in [0.29, 0.717) is 12.2 Å². The first-order valence-electron chi connectivity index (χ1n) is 8.06. The second kappa shape index (κ2) is 5.18. The van der Waals surface area contributed by atoms with Gasteiger partial charge >= 0.3 is 0 Å². The fraction of sp³-hybridized carbons (Fsp3) is 0.263. The average Bonchev–Trinajstić information content (AvgIpc) is 3.22. The number of hydrogen-bond acceptors (Lipinski definition) is 3. The fourth-order valence-electron chi connectivity index (χ4n) is 3.47. The third kappa shape index (κ3) is 2.05. The largest absolute Gasteiger partial charge is 0.379 e. The lowest BCUT2D eigenvalue weighted by Crippen LogP contribution is -2.33. The molecular formula is C19H19N3O2. The number of nitrogens with zero attached hydrogens (tertiary/aromatic N) is 1. The van der Waals surface area contributed by atoms with Gasteiger partial charge < -0.3 is 15.4 Å². The Morgan fingerprint density at radius 1 is 1.21 bits per heavy atom. The Balaban J connectivity index is 1.89. The summed E-state index contributed by atoms with van der Waals surface area (Å²) in [5.74, 6) is -0.0554. The number of amides is 1. The van der Waals surface area contributed by atoms with Crippen LogP contribution in [-0.2, 0) is 12.1 Å². The van der Waals surface area contributed by atoms with Crippen LogP contribution in [0, 0.1) is 5.92 Å². The van der Waals surface area contributed by atoms with Crippen molar-refractivity contribution in [3.05, 3.63) is 65.2 Å². The molecule has 1 aliphatic rings. The molecule has 0 aliphatic carbocycles. The summed E-state index contributed by atoms with van der Waals surface area (Å²) in [5, 5.41) is 16.2. The van der Waals surface area contributed by atoms with E-state index in [0.717, 1.165) is 27.5 Å². The van der Waals surface area contributed by atoms with E-state index in [1.165, 1.54) is 0 Å². The van der Waals surface area contributed by atoms with E-state index >= 15 is 0 Å². The number of aromatic amines is 1. The molecule has 2 aromatic carbocycles. The van der Waals surface area contributed by atoms with E-state index in [-0.39, 0.29) is 11.8 Å². The van der Waals surface area contributed by atoms with Crippen molar-refractivity contribution in [3.8, 4) is 0 Å². The van der Waals surface area contributed by atoms with Crippen molar-refractivity contribution in [1.29, 1.82) is 0 Å². The Hall–Kier alpha value is -2.66. The van der Waals surface area contributed by atoms with Gasteiger partial charge in [0.25, 0.3) is 5.91 Å². The number of aliphatic hydroxyl groups is 1. The predicted molar refractivity (Wildman–Crippen MR) is 91.5 cm³/mol. The van der Waals surface area contributed by atoms with Crippen molar-refractivity contribution in [2.24, 2.45) is 5.92 Å². The SMILES string of the molecule is CC(C)[C@@](O)(c1ccc2cc3c(cc2c1)CNC3=O)c1cnc[nH]1. The van der Waals surface area contributed by atoms with Crippen molar-refractivity contribution in [3.63, 3.8) is 0 Å². The maximum Gasteiger partial charge on any atom is 0.251 e. The van der Waals surface area contributed by atoms with E-state index in [1.54, 1.807) is 12.5 Å². The van der Waals surface area contributed by atoms with Crippen LogP contribution < -0.4 is 5.32 Å². The number of fused-ring (bicyclic) bond motifs is 2. The van der Waals surface area contributed by atoms with Gasteiger partial charge in [-0.2, -0.15) is 0 Å². The molecule has 0 saturated heterocycles. The quantitative estimate of drug-likeness (QED) is 0.694. The Kier molecular flexibility index (Phi) is 3.21. The first-order chi connectivity index (χ1) is 11.5. The molecule has 0 spiro atoms. The molecule has 1 amide bonds. The van der Waals surface area contributed by atoms with E-state index in [2.05, 4.69) is 15.3 Å². The van der Waals surface area contributed by atoms with Crippen LogP contribution in [-0.4, -0.2) is 21.0 Å². The third-order valence-corrected chi connectivity index (χ3v) is 4.93. The zero-order valence-corrected chi connectivity index (χ0v) is 13.6. The van der Waals surface area contributed by atoms with Gasteiger partial charge in [0.15, 0.2) is 0 Å². The lowest BCUT2D eigenvalue weighted by molar-refractivity contribution is 0.0280. The van der Waals surface area contributed by atoms with Gasteiger partial charge in [0.1, 0.15) is 5.60 Å². The van der Waals surface area contributed by atoms with E-state index in [1.807, 2.05) is 44.2 Å². The van der Waals surface area contributed by atoms with Crippen molar-refractivity contribution in [1.82, 2.24) is 15.3 Å². The number of carbonyl (C=O) groups is 1. The number of imidazole rings is 1.